The molecule has 7 aromatic rings. The lowest BCUT2D eigenvalue weighted by Gasteiger charge is -2.29. The Kier molecular flexibility index (Phi) is 4.89. The lowest BCUT2D eigenvalue weighted by atomic mass is 9.80. The van der Waals surface area contributed by atoms with Gasteiger partial charge in [-0.3, -0.25) is 0 Å². The van der Waals surface area contributed by atoms with Crippen molar-refractivity contribution >= 4 is 21.5 Å². The van der Waals surface area contributed by atoms with E-state index in [0.717, 1.165) is 77.2 Å². The van der Waals surface area contributed by atoms with Crippen LogP contribution < -0.4 is 0 Å². The fourth-order valence-electron chi connectivity index (χ4n) is 7.54. The van der Waals surface area contributed by atoms with Gasteiger partial charge < -0.3 is 20.4 Å². The number of phenolic OH excluding ortho intramolecular Hbond substituents is 2. The van der Waals surface area contributed by atoms with Gasteiger partial charge in [-0.2, -0.15) is 0 Å². The number of benzene rings is 7. The predicted octanol–water partition coefficient (Wildman–Crippen LogP) is 7.93. The van der Waals surface area contributed by atoms with Crippen LogP contribution in [0.4, 0.5) is 0 Å². The van der Waals surface area contributed by atoms with Crippen molar-refractivity contribution in [3.8, 4) is 33.8 Å². The van der Waals surface area contributed by atoms with E-state index < -0.39 is 11.2 Å². The third kappa shape index (κ3) is 3.18. The molecule has 4 nitrogen and oxygen atoms in total. The van der Waals surface area contributed by atoms with E-state index in [4.69, 9.17) is 0 Å². The minimum absolute atomic E-state index is 0.201. The molecule has 0 fully saturated rings. The monoisotopic (exact) mass is 570 g/mol. The fourth-order valence-corrected chi connectivity index (χ4v) is 7.54. The Morgan fingerprint density at radius 2 is 0.727 bits per heavy atom. The number of hydrogen-bond acceptors (Lipinski definition) is 4. The molecule has 9 rings (SSSR count). The van der Waals surface area contributed by atoms with E-state index in [1.807, 2.05) is 97.1 Å². The second kappa shape index (κ2) is 8.57. The van der Waals surface area contributed by atoms with E-state index in [1.54, 1.807) is 24.3 Å². The summed E-state index contributed by atoms with van der Waals surface area (Å²) in [4.78, 5) is 0. The van der Waals surface area contributed by atoms with Crippen molar-refractivity contribution in [1.82, 2.24) is 0 Å². The standard InChI is InChI=1S/C40H26O4/c41-29-15-11-23-17-27(13-9-25(23)19-29)39(43)35-7-3-1-5-31(35)33-21-38-34(22-37(33)39)32-6-2-4-8-36(32)40(38,44)28-14-10-26-20-30(42)16-12-24(26)18-28/h1-22,41-44H. The first kappa shape index (κ1) is 25.1. The van der Waals surface area contributed by atoms with Crippen molar-refractivity contribution in [2.75, 3.05) is 0 Å². The second-order valence-electron chi connectivity index (χ2n) is 11.9. The fraction of sp³-hybridized carbons (Fsp3) is 0.0500. The summed E-state index contributed by atoms with van der Waals surface area (Å²) < 4.78 is 0. The molecule has 2 unspecified atom stereocenters. The summed E-state index contributed by atoms with van der Waals surface area (Å²) in [5.41, 5.74) is 5.35. The van der Waals surface area contributed by atoms with Crippen molar-refractivity contribution in [3.63, 3.8) is 0 Å². The van der Waals surface area contributed by atoms with E-state index in [2.05, 4.69) is 12.1 Å². The molecule has 7 aromatic carbocycles. The summed E-state index contributed by atoms with van der Waals surface area (Å²) in [6.45, 7) is 0. The Morgan fingerprint density at radius 3 is 1.18 bits per heavy atom. The van der Waals surface area contributed by atoms with E-state index >= 15 is 0 Å². The second-order valence-corrected chi connectivity index (χ2v) is 11.9. The number of rotatable bonds is 2. The van der Waals surface area contributed by atoms with Crippen LogP contribution in [0.3, 0.4) is 0 Å². The zero-order valence-electron chi connectivity index (χ0n) is 23.5. The highest BCUT2D eigenvalue weighted by Crippen LogP contribution is 2.58. The molecule has 2 atom stereocenters. The van der Waals surface area contributed by atoms with Gasteiger partial charge in [0.25, 0.3) is 0 Å². The maximum Gasteiger partial charge on any atom is 0.141 e. The van der Waals surface area contributed by atoms with Gasteiger partial charge in [0.1, 0.15) is 22.7 Å². The number of aromatic hydroxyl groups is 2. The van der Waals surface area contributed by atoms with Gasteiger partial charge >= 0.3 is 0 Å². The van der Waals surface area contributed by atoms with E-state index in [-0.39, 0.29) is 11.5 Å². The normalized spacial score (nSPS) is 19.5. The minimum atomic E-state index is -1.42. The van der Waals surface area contributed by atoms with Crippen molar-refractivity contribution in [2.45, 2.75) is 11.2 Å². The zero-order chi connectivity index (χ0) is 29.8. The summed E-state index contributed by atoms with van der Waals surface area (Å²) in [7, 11) is 0. The highest BCUT2D eigenvalue weighted by Gasteiger charge is 2.48. The van der Waals surface area contributed by atoms with Gasteiger partial charge in [-0.05, 0) is 103 Å². The lowest BCUT2D eigenvalue weighted by Crippen LogP contribution is -2.27. The zero-order valence-corrected chi connectivity index (χ0v) is 23.5. The number of fused-ring (bicyclic) bond motifs is 8. The maximum atomic E-state index is 12.8. The quantitative estimate of drug-likeness (QED) is 0.170. The first-order valence-electron chi connectivity index (χ1n) is 14.7. The van der Waals surface area contributed by atoms with Gasteiger partial charge in [0, 0.05) is 22.3 Å². The largest absolute Gasteiger partial charge is 0.508 e. The third-order valence-corrected chi connectivity index (χ3v) is 9.63. The van der Waals surface area contributed by atoms with Crippen LogP contribution in [0.25, 0.3) is 43.8 Å². The first-order valence-corrected chi connectivity index (χ1v) is 14.7. The predicted molar refractivity (Wildman–Crippen MR) is 173 cm³/mol. The molecule has 4 N–H and O–H groups in total. The van der Waals surface area contributed by atoms with Gasteiger partial charge in [-0.25, -0.2) is 0 Å². The van der Waals surface area contributed by atoms with Crippen LogP contribution in [0, 0.1) is 0 Å². The molecule has 2 aliphatic rings. The Bertz CT molecular complexity index is 2190. The van der Waals surface area contributed by atoms with E-state index in [1.165, 1.54) is 0 Å². The molecular weight excluding hydrogens is 544 g/mol. The summed E-state index contributed by atoms with van der Waals surface area (Å²) in [5.74, 6) is 0.401. The third-order valence-electron chi connectivity index (χ3n) is 9.63. The topological polar surface area (TPSA) is 80.9 Å². The van der Waals surface area contributed by atoms with Gasteiger partial charge in [0.2, 0.25) is 0 Å². The first-order chi connectivity index (χ1) is 21.4. The Balaban J connectivity index is 1.31. The number of phenols is 2. The smallest absolute Gasteiger partial charge is 0.141 e. The van der Waals surface area contributed by atoms with E-state index in [0.29, 0.717) is 0 Å². The Labute approximate surface area is 253 Å². The summed E-state index contributed by atoms with van der Waals surface area (Å²) in [6, 6.07) is 42.2. The highest BCUT2D eigenvalue weighted by atomic mass is 16.3. The van der Waals surface area contributed by atoms with Gasteiger partial charge in [-0.1, -0.05) is 84.9 Å². The molecular formula is C40H26O4. The van der Waals surface area contributed by atoms with Crippen molar-refractivity contribution in [2.24, 2.45) is 0 Å². The number of aliphatic hydroxyl groups is 2. The Morgan fingerprint density at radius 1 is 0.341 bits per heavy atom. The average molecular weight is 571 g/mol. The molecule has 0 saturated carbocycles. The van der Waals surface area contributed by atoms with Crippen molar-refractivity contribution in [1.29, 1.82) is 0 Å². The van der Waals surface area contributed by atoms with Gasteiger partial charge in [0.05, 0.1) is 0 Å². The molecule has 0 bridgehead atoms. The highest BCUT2D eigenvalue weighted by molar-refractivity contribution is 5.93. The summed E-state index contributed by atoms with van der Waals surface area (Å²) in [6.07, 6.45) is 0. The molecule has 0 heterocycles. The van der Waals surface area contributed by atoms with Crippen molar-refractivity contribution < 1.29 is 20.4 Å². The van der Waals surface area contributed by atoms with Crippen LogP contribution >= 0.6 is 0 Å². The molecule has 0 aromatic heterocycles. The summed E-state index contributed by atoms with van der Waals surface area (Å²) >= 11 is 0. The van der Waals surface area contributed by atoms with E-state index in [9.17, 15) is 20.4 Å². The molecule has 44 heavy (non-hydrogen) atoms. The number of hydrogen-bond donors (Lipinski definition) is 4. The molecule has 0 aliphatic heterocycles. The molecule has 0 spiro atoms. The molecule has 0 saturated heterocycles. The van der Waals surface area contributed by atoms with Crippen LogP contribution in [-0.2, 0) is 11.2 Å². The van der Waals surface area contributed by atoms with Crippen LogP contribution in [0.2, 0.25) is 0 Å². The minimum Gasteiger partial charge on any atom is -0.508 e. The molecule has 4 heteroatoms. The van der Waals surface area contributed by atoms with Gasteiger partial charge in [-0.15, -0.1) is 0 Å². The molecule has 210 valence electrons. The SMILES string of the molecule is Oc1ccc2cc(C3(O)c4ccccc4-c4cc5c(cc43)-c3ccccc3C5(O)c3ccc4cc(O)ccc4c3)ccc2c1. The average Bonchev–Trinajstić information content (AvgIpc) is 3.46. The van der Waals surface area contributed by atoms with Crippen LogP contribution in [0.1, 0.15) is 33.4 Å². The summed E-state index contributed by atoms with van der Waals surface area (Å²) in [5, 5.41) is 49.3. The lowest BCUT2D eigenvalue weighted by molar-refractivity contribution is 0.128. The van der Waals surface area contributed by atoms with Crippen LogP contribution in [0.15, 0.2) is 133 Å². The van der Waals surface area contributed by atoms with Crippen LogP contribution in [-0.4, -0.2) is 20.4 Å². The van der Waals surface area contributed by atoms with Gasteiger partial charge in [0.15, 0.2) is 0 Å². The van der Waals surface area contributed by atoms with Crippen molar-refractivity contribution in [3.05, 3.63) is 167 Å². The maximum absolute atomic E-state index is 12.8. The molecule has 2 aliphatic carbocycles. The Hall–Kier alpha value is -5.42. The molecule has 0 amide bonds. The molecule has 0 radical (unpaired) electrons. The van der Waals surface area contributed by atoms with Crippen LogP contribution in [0.5, 0.6) is 11.5 Å².